The van der Waals surface area contributed by atoms with E-state index in [2.05, 4.69) is 82.8 Å². The van der Waals surface area contributed by atoms with Gasteiger partial charge in [-0.1, -0.05) is 60.7 Å². The first-order valence-corrected chi connectivity index (χ1v) is 8.19. The maximum atomic E-state index is 3.69. The summed E-state index contributed by atoms with van der Waals surface area (Å²) in [5, 5.41) is 8.03. The number of hydrogen-bond acceptors (Lipinski definition) is 2. The van der Waals surface area contributed by atoms with Crippen LogP contribution in [0, 0.1) is 0 Å². The second-order valence-electron chi connectivity index (χ2n) is 5.17. The zero-order valence-electron chi connectivity index (χ0n) is 11.9. The van der Waals surface area contributed by atoms with Gasteiger partial charge in [0, 0.05) is 12.6 Å². The summed E-state index contributed by atoms with van der Waals surface area (Å²) in [5.74, 6) is 0. The van der Waals surface area contributed by atoms with E-state index in [4.69, 9.17) is 0 Å². The molecular weight excluding hydrogens is 274 g/mol. The van der Waals surface area contributed by atoms with Crippen molar-refractivity contribution in [3.63, 3.8) is 0 Å². The van der Waals surface area contributed by atoms with Gasteiger partial charge in [-0.15, -0.1) is 0 Å². The lowest BCUT2D eigenvalue weighted by Gasteiger charge is -2.19. The molecule has 3 aromatic rings. The van der Waals surface area contributed by atoms with Gasteiger partial charge in [0.1, 0.15) is 0 Å². The van der Waals surface area contributed by atoms with Crippen molar-refractivity contribution >= 4 is 11.3 Å². The van der Waals surface area contributed by atoms with E-state index < -0.39 is 0 Å². The zero-order chi connectivity index (χ0) is 14.3. The number of rotatable bonds is 6. The Kier molecular flexibility index (Phi) is 4.82. The highest BCUT2D eigenvalue weighted by molar-refractivity contribution is 7.07. The first kappa shape index (κ1) is 14.1. The third-order valence-corrected chi connectivity index (χ3v) is 4.35. The summed E-state index contributed by atoms with van der Waals surface area (Å²) in [6.45, 7) is 0.913. The molecule has 0 bridgehead atoms. The molecule has 0 fully saturated rings. The van der Waals surface area contributed by atoms with Gasteiger partial charge in [-0.25, -0.2) is 0 Å². The van der Waals surface area contributed by atoms with Crippen LogP contribution < -0.4 is 5.32 Å². The van der Waals surface area contributed by atoms with Crippen molar-refractivity contribution in [3.05, 3.63) is 94.2 Å². The Morgan fingerprint density at radius 1 is 0.810 bits per heavy atom. The molecule has 1 unspecified atom stereocenters. The monoisotopic (exact) mass is 293 g/mol. The molecule has 0 amide bonds. The van der Waals surface area contributed by atoms with Crippen LogP contribution in [0.15, 0.2) is 77.5 Å². The molecule has 1 heterocycles. The normalized spacial score (nSPS) is 12.2. The highest BCUT2D eigenvalue weighted by atomic mass is 32.1. The number of thiophene rings is 1. The second-order valence-corrected chi connectivity index (χ2v) is 5.95. The topological polar surface area (TPSA) is 12.0 Å². The van der Waals surface area contributed by atoms with Crippen molar-refractivity contribution in [2.75, 3.05) is 0 Å². The Morgan fingerprint density at radius 3 is 2.19 bits per heavy atom. The van der Waals surface area contributed by atoms with Gasteiger partial charge < -0.3 is 5.32 Å². The van der Waals surface area contributed by atoms with Gasteiger partial charge in [-0.3, -0.25) is 0 Å². The van der Waals surface area contributed by atoms with Crippen LogP contribution in [0.4, 0.5) is 0 Å². The SMILES string of the molecule is c1ccc(CC(NCc2ccsc2)c2ccccc2)cc1. The number of nitrogens with one attached hydrogen (secondary N) is 1. The summed E-state index contributed by atoms with van der Waals surface area (Å²) in [7, 11) is 0. The molecule has 1 atom stereocenters. The van der Waals surface area contributed by atoms with Gasteiger partial charge in [0.2, 0.25) is 0 Å². The molecule has 0 saturated carbocycles. The molecule has 0 saturated heterocycles. The van der Waals surface area contributed by atoms with E-state index in [9.17, 15) is 0 Å². The standard InChI is InChI=1S/C19H19NS/c1-3-7-16(8-4-1)13-19(18-9-5-2-6-10-18)20-14-17-11-12-21-15-17/h1-12,15,19-20H,13-14H2. The van der Waals surface area contributed by atoms with E-state index in [1.165, 1.54) is 16.7 Å². The van der Waals surface area contributed by atoms with Crippen LogP contribution in [0.1, 0.15) is 22.7 Å². The van der Waals surface area contributed by atoms with Crippen molar-refractivity contribution in [2.45, 2.75) is 19.0 Å². The van der Waals surface area contributed by atoms with Crippen molar-refractivity contribution in [3.8, 4) is 0 Å². The molecule has 3 rings (SSSR count). The molecule has 106 valence electrons. The fourth-order valence-corrected chi connectivity index (χ4v) is 3.15. The quantitative estimate of drug-likeness (QED) is 0.687. The summed E-state index contributed by atoms with van der Waals surface area (Å²) in [6, 6.07) is 23.9. The molecule has 1 aromatic heterocycles. The first-order valence-electron chi connectivity index (χ1n) is 7.25. The molecule has 1 N–H and O–H groups in total. The fraction of sp³-hybridized carbons (Fsp3) is 0.158. The lowest BCUT2D eigenvalue weighted by molar-refractivity contribution is 0.531. The molecule has 21 heavy (non-hydrogen) atoms. The van der Waals surface area contributed by atoms with E-state index in [-0.39, 0.29) is 0 Å². The van der Waals surface area contributed by atoms with E-state index in [0.29, 0.717) is 6.04 Å². The third kappa shape index (κ3) is 4.03. The van der Waals surface area contributed by atoms with Crippen LogP contribution in [-0.2, 0) is 13.0 Å². The molecule has 2 heteroatoms. The average Bonchev–Trinajstić information content (AvgIpc) is 3.07. The van der Waals surface area contributed by atoms with Gasteiger partial charge in [-0.05, 0) is 39.9 Å². The van der Waals surface area contributed by atoms with Crippen LogP contribution in [-0.4, -0.2) is 0 Å². The minimum atomic E-state index is 0.341. The smallest absolute Gasteiger partial charge is 0.0363 e. The van der Waals surface area contributed by atoms with Crippen molar-refractivity contribution < 1.29 is 0 Å². The first-order chi connectivity index (χ1) is 10.4. The Bertz CT molecular complexity index is 632. The van der Waals surface area contributed by atoms with E-state index in [1.807, 2.05) is 0 Å². The molecule has 0 aliphatic rings. The molecule has 2 aromatic carbocycles. The zero-order valence-corrected chi connectivity index (χ0v) is 12.7. The van der Waals surface area contributed by atoms with Crippen LogP contribution in [0.25, 0.3) is 0 Å². The summed E-state index contributed by atoms with van der Waals surface area (Å²) in [5.41, 5.74) is 4.06. The van der Waals surface area contributed by atoms with Gasteiger partial charge in [0.05, 0.1) is 0 Å². The number of hydrogen-bond donors (Lipinski definition) is 1. The second kappa shape index (κ2) is 7.21. The minimum absolute atomic E-state index is 0.341. The number of benzene rings is 2. The molecule has 0 aliphatic heterocycles. The molecular formula is C19H19NS. The van der Waals surface area contributed by atoms with Gasteiger partial charge >= 0.3 is 0 Å². The maximum absolute atomic E-state index is 3.69. The summed E-state index contributed by atoms with van der Waals surface area (Å²) < 4.78 is 0. The molecule has 0 aliphatic carbocycles. The van der Waals surface area contributed by atoms with Crippen LogP contribution in [0.3, 0.4) is 0 Å². The lowest BCUT2D eigenvalue weighted by Crippen LogP contribution is -2.22. The van der Waals surface area contributed by atoms with Crippen LogP contribution in [0.2, 0.25) is 0 Å². The van der Waals surface area contributed by atoms with Gasteiger partial charge in [0.25, 0.3) is 0 Å². The Balaban J connectivity index is 1.74. The van der Waals surface area contributed by atoms with Crippen molar-refractivity contribution in [1.82, 2.24) is 5.32 Å². The van der Waals surface area contributed by atoms with Crippen LogP contribution >= 0.6 is 11.3 Å². The van der Waals surface area contributed by atoms with Crippen molar-refractivity contribution in [2.24, 2.45) is 0 Å². The minimum Gasteiger partial charge on any atom is -0.306 e. The van der Waals surface area contributed by atoms with Gasteiger partial charge in [-0.2, -0.15) is 11.3 Å². The van der Waals surface area contributed by atoms with E-state index >= 15 is 0 Å². The third-order valence-electron chi connectivity index (χ3n) is 3.62. The Labute approximate surface area is 130 Å². The molecule has 0 radical (unpaired) electrons. The Morgan fingerprint density at radius 2 is 1.52 bits per heavy atom. The summed E-state index contributed by atoms with van der Waals surface area (Å²) in [4.78, 5) is 0. The largest absolute Gasteiger partial charge is 0.306 e. The predicted molar refractivity (Wildman–Crippen MR) is 90.5 cm³/mol. The highest BCUT2D eigenvalue weighted by Gasteiger charge is 2.11. The summed E-state index contributed by atoms with van der Waals surface area (Å²) >= 11 is 1.75. The van der Waals surface area contributed by atoms with Crippen LogP contribution in [0.5, 0.6) is 0 Å². The lowest BCUT2D eigenvalue weighted by atomic mass is 9.98. The predicted octanol–water partition coefficient (Wildman–Crippen LogP) is 4.82. The maximum Gasteiger partial charge on any atom is 0.0363 e. The van der Waals surface area contributed by atoms with Crippen molar-refractivity contribution in [1.29, 1.82) is 0 Å². The average molecular weight is 293 g/mol. The Hall–Kier alpha value is -1.90. The molecule has 0 spiro atoms. The van der Waals surface area contributed by atoms with E-state index in [0.717, 1.165) is 13.0 Å². The molecule has 1 nitrogen and oxygen atoms in total. The van der Waals surface area contributed by atoms with E-state index in [1.54, 1.807) is 11.3 Å². The summed E-state index contributed by atoms with van der Waals surface area (Å²) in [6.07, 6.45) is 1.01. The van der Waals surface area contributed by atoms with Gasteiger partial charge in [0.15, 0.2) is 0 Å². The fourth-order valence-electron chi connectivity index (χ4n) is 2.48. The highest BCUT2D eigenvalue weighted by Crippen LogP contribution is 2.19.